The number of anilines is 1. The summed E-state index contributed by atoms with van der Waals surface area (Å²) in [6.45, 7) is 6.93. The maximum absolute atomic E-state index is 14.0. The predicted octanol–water partition coefficient (Wildman–Crippen LogP) is 1.23. The van der Waals surface area contributed by atoms with E-state index in [0.29, 0.717) is 5.69 Å². The van der Waals surface area contributed by atoms with Crippen molar-refractivity contribution in [2.75, 3.05) is 65.3 Å². The molecule has 0 atom stereocenters. The normalized spacial score (nSPS) is 17.1. The smallest absolute Gasteiger partial charge is 0.146 e. The van der Waals surface area contributed by atoms with E-state index in [1.165, 1.54) is 5.56 Å². The Bertz CT molecular complexity index is 444. The van der Waals surface area contributed by atoms with Crippen molar-refractivity contribution in [2.45, 2.75) is 6.54 Å². The number of likely N-dealkylation sites (N-methyl/N-ethyl adjacent to an activating group) is 3. The maximum atomic E-state index is 14.0. The number of halogens is 1. The first-order chi connectivity index (χ1) is 10.1. The van der Waals surface area contributed by atoms with E-state index < -0.39 is 0 Å². The molecule has 1 N–H and O–H groups in total. The van der Waals surface area contributed by atoms with Crippen LogP contribution in [0.3, 0.4) is 0 Å². The largest absolute Gasteiger partial charge is 0.371 e. The van der Waals surface area contributed by atoms with Crippen molar-refractivity contribution in [3.63, 3.8) is 0 Å². The molecule has 1 saturated heterocycles. The SMILES string of the molecule is CNCCN(C)c1cc(CN2CCN(C)CC2)ccc1F. The van der Waals surface area contributed by atoms with Gasteiger partial charge in [-0.25, -0.2) is 4.39 Å². The number of benzene rings is 1. The molecule has 1 aliphatic heterocycles. The number of rotatable bonds is 6. The van der Waals surface area contributed by atoms with Crippen LogP contribution in [0.4, 0.5) is 10.1 Å². The number of piperazine rings is 1. The lowest BCUT2D eigenvalue weighted by atomic mass is 10.1. The van der Waals surface area contributed by atoms with Crippen molar-refractivity contribution in [1.29, 1.82) is 0 Å². The third kappa shape index (κ3) is 4.66. The Morgan fingerprint density at radius 2 is 1.95 bits per heavy atom. The van der Waals surface area contributed by atoms with Crippen LogP contribution in [0.1, 0.15) is 5.56 Å². The van der Waals surface area contributed by atoms with E-state index in [1.807, 2.05) is 31.1 Å². The molecular formula is C16H27FN4. The summed E-state index contributed by atoms with van der Waals surface area (Å²) in [6, 6.07) is 5.49. The first-order valence-electron chi connectivity index (χ1n) is 7.65. The average Bonchev–Trinajstić information content (AvgIpc) is 2.49. The van der Waals surface area contributed by atoms with E-state index in [0.717, 1.165) is 45.8 Å². The molecule has 1 heterocycles. The Hall–Kier alpha value is -1.17. The van der Waals surface area contributed by atoms with Crippen LogP contribution < -0.4 is 10.2 Å². The quantitative estimate of drug-likeness (QED) is 0.852. The molecule has 0 amide bonds. The van der Waals surface area contributed by atoms with Crippen LogP contribution >= 0.6 is 0 Å². The highest BCUT2D eigenvalue weighted by Gasteiger charge is 2.15. The van der Waals surface area contributed by atoms with Crippen LogP contribution in [0.15, 0.2) is 18.2 Å². The van der Waals surface area contributed by atoms with Crippen molar-refractivity contribution < 1.29 is 4.39 Å². The highest BCUT2D eigenvalue weighted by atomic mass is 19.1. The maximum Gasteiger partial charge on any atom is 0.146 e. The molecule has 0 saturated carbocycles. The lowest BCUT2D eigenvalue weighted by molar-refractivity contribution is 0.148. The van der Waals surface area contributed by atoms with Crippen molar-refractivity contribution in [1.82, 2.24) is 15.1 Å². The highest BCUT2D eigenvalue weighted by molar-refractivity contribution is 5.49. The number of hydrogen-bond acceptors (Lipinski definition) is 4. The molecule has 0 bridgehead atoms. The summed E-state index contributed by atoms with van der Waals surface area (Å²) >= 11 is 0. The molecule has 0 aromatic heterocycles. The third-order valence-electron chi connectivity index (χ3n) is 4.12. The van der Waals surface area contributed by atoms with Crippen molar-refractivity contribution >= 4 is 5.69 Å². The fourth-order valence-electron chi connectivity index (χ4n) is 2.61. The van der Waals surface area contributed by atoms with E-state index in [9.17, 15) is 4.39 Å². The molecule has 21 heavy (non-hydrogen) atoms. The van der Waals surface area contributed by atoms with Gasteiger partial charge in [-0.3, -0.25) is 4.90 Å². The molecule has 4 nitrogen and oxygen atoms in total. The van der Waals surface area contributed by atoms with Gasteiger partial charge in [-0.15, -0.1) is 0 Å². The van der Waals surface area contributed by atoms with Crippen molar-refractivity contribution in [2.24, 2.45) is 0 Å². The summed E-state index contributed by atoms with van der Waals surface area (Å²) in [5, 5.41) is 3.10. The van der Waals surface area contributed by atoms with E-state index in [4.69, 9.17) is 0 Å². The highest BCUT2D eigenvalue weighted by Crippen LogP contribution is 2.21. The van der Waals surface area contributed by atoms with E-state index in [2.05, 4.69) is 22.2 Å². The third-order valence-corrected chi connectivity index (χ3v) is 4.12. The summed E-state index contributed by atoms with van der Waals surface area (Å²) in [5.74, 6) is -0.143. The first-order valence-corrected chi connectivity index (χ1v) is 7.65. The van der Waals surface area contributed by atoms with Crippen LogP contribution in [0, 0.1) is 5.82 Å². The molecule has 0 aliphatic carbocycles. The lowest BCUT2D eigenvalue weighted by Gasteiger charge is -2.32. The molecule has 0 unspecified atom stereocenters. The second-order valence-corrected chi connectivity index (χ2v) is 5.89. The van der Waals surface area contributed by atoms with Crippen LogP contribution in [0.2, 0.25) is 0 Å². The monoisotopic (exact) mass is 294 g/mol. The van der Waals surface area contributed by atoms with Gasteiger partial charge < -0.3 is 15.1 Å². The Labute approximate surface area is 127 Å². The van der Waals surface area contributed by atoms with Gasteiger partial charge in [0, 0.05) is 52.9 Å². The fourth-order valence-corrected chi connectivity index (χ4v) is 2.61. The first kappa shape index (κ1) is 16.2. The predicted molar refractivity (Wildman–Crippen MR) is 86.4 cm³/mol. The summed E-state index contributed by atoms with van der Waals surface area (Å²) < 4.78 is 14.0. The minimum absolute atomic E-state index is 0.143. The van der Waals surface area contributed by atoms with Crippen LogP contribution in [0.5, 0.6) is 0 Å². The summed E-state index contributed by atoms with van der Waals surface area (Å²) in [6.07, 6.45) is 0. The van der Waals surface area contributed by atoms with Gasteiger partial charge in [0.1, 0.15) is 5.82 Å². The second-order valence-electron chi connectivity index (χ2n) is 5.89. The summed E-state index contributed by atoms with van der Waals surface area (Å²) in [4.78, 5) is 6.75. The zero-order chi connectivity index (χ0) is 15.2. The standard InChI is InChI=1S/C16H27FN4/c1-18-6-7-20(3)16-12-14(4-5-15(16)17)13-21-10-8-19(2)9-11-21/h4-5,12,18H,6-11,13H2,1-3H3. The molecular weight excluding hydrogens is 267 g/mol. The van der Waals surface area contributed by atoms with E-state index in [-0.39, 0.29) is 5.82 Å². The van der Waals surface area contributed by atoms with Crippen molar-refractivity contribution in [3.8, 4) is 0 Å². The minimum Gasteiger partial charge on any atom is -0.371 e. The summed E-state index contributed by atoms with van der Waals surface area (Å²) in [5.41, 5.74) is 1.88. The van der Waals surface area contributed by atoms with E-state index >= 15 is 0 Å². The summed E-state index contributed by atoms with van der Waals surface area (Å²) in [7, 11) is 6.01. The lowest BCUT2D eigenvalue weighted by Crippen LogP contribution is -2.43. The zero-order valence-electron chi connectivity index (χ0n) is 13.4. The van der Waals surface area contributed by atoms with Gasteiger partial charge in [0.05, 0.1) is 5.69 Å². The molecule has 1 aromatic carbocycles. The van der Waals surface area contributed by atoms with Gasteiger partial charge >= 0.3 is 0 Å². The molecule has 5 heteroatoms. The second kappa shape index (κ2) is 7.73. The van der Waals surface area contributed by atoms with Gasteiger partial charge in [-0.1, -0.05) is 6.07 Å². The number of hydrogen-bond donors (Lipinski definition) is 1. The van der Waals surface area contributed by atoms with Gasteiger partial charge in [-0.05, 0) is 31.8 Å². The molecule has 1 fully saturated rings. The molecule has 1 aliphatic rings. The molecule has 118 valence electrons. The molecule has 2 rings (SSSR count). The van der Waals surface area contributed by atoms with Crippen LogP contribution in [-0.2, 0) is 6.54 Å². The fraction of sp³-hybridized carbons (Fsp3) is 0.625. The van der Waals surface area contributed by atoms with Gasteiger partial charge in [0.15, 0.2) is 0 Å². The molecule has 0 spiro atoms. The van der Waals surface area contributed by atoms with Crippen LogP contribution in [0.25, 0.3) is 0 Å². The van der Waals surface area contributed by atoms with Gasteiger partial charge in [-0.2, -0.15) is 0 Å². The Morgan fingerprint density at radius 1 is 1.24 bits per heavy atom. The molecule has 1 aromatic rings. The Morgan fingerprint density at radius 3 is 2.62 bits per heavy atom. The van der Waals surface area contributed by atoms with Crippen LogP contribution in [-0.4, -0.2) is 70.2 Å². The topological polar surface area (TPSA) is 21.8 Å². The van der Waals surface area contributed by atoms with Crippen molar-refractivity contribution in [3.05, 3.63) is 29.6 Å². The average molecular weight is 294 g/mol. The molecule has 0 radical (unpaired) electrons. The number of nitrogens with zero attached hydrogens (tertiary/aromatic N) is 3. The Kier molecular flexibility index (Phi) is 5.96. The van der Waals surface area contributed by atoms with Gasteiger partial charge in [0.2, 0.25) is 0 Å². The van der Waals surface area contributed by atoms with Gasteiger partial charge in [0.25, 0.3) is 0 Å². The zero-order valence-corrected chi connectivity index (χ0v) is 13.4. The number of nitrogens with one attached hydrogen (secondary N) is 1. The Balaban J connectivity index is 2.00. The van der Waals surface area contributed by atoms with E-state index in [1.54, 1.807) is 6.07 Å². The minimum atomic E-state index is -0.143.